The van der Waals surface area contributed by atoms with Crippen molar-refractivity contribution >= 4 is 27.5 Å². The maximum atomic E-state index is 12.2. The minimum atomic E-state index is -3.80. The first-order valence-corrected chi connectivity index (χ1v) is 7.49. The molecule has 17 heavy (non-hydrogen) atoms. The topological polar surface area (TPSA) is 76.6 Å². The average Bonchev–Trinajstić information content (AvgIpc) is 2.92. The Kier molecular flexibility index (Phi) is 3.34. The predicted octanol–water partition coefficient (Wildman–Crippen LogP) is 1.45. The molecule has 1 aromatic rings. The molecule has 0 aliphatic heterocycles. The highest BCUT2D eigenvalue weighted by Crippen LogP contribution is 2.33. The summed E-state index contributed by atoms with van der Waals surface area (Å²) in [6.07, 6.45) is 1.82. The lowest BCUT2D eigenvalue weighted by Gasteiger charge is -2.19. The Labute approximate surface area is 103 Å². The molecule has 1 aromatic heterocycles. The van der Waals surface area contributed by atoms with Gasteiger partial charge in [-0.1, -0.05) is 0 Å². The molecule has 6 nitrogen and oxygen atoms in total. The molecule has 8 heteroatoms. The van der Waals surface area contributed by atoms with Crippen molar-refractivity contribution in [2.45, 2.75) is 30.0 Å². The molecule has 1 aliphatic carbocycles. The van der Waals surface area contributed by atoms with Gasteiger partial charge < -0.3 is 4.74 Å². The number of sulfonamides is 1. The molecule has 0 saturated heterocycles. The van der Waals surface area contributed by atoms with Crippen molar-refractivity contribution in [2.24, 2.45) is 0 Å². The number of nitrogens with zero attached hydrogens (tertiary/aromatic N) is 2. The Hall–Kier alpha value is -1.15. The van der Waals surface area contributed by atoms with Crippen molar-refractivity contribution in [3.63, 3.8) is 0 Å². The molecule has 0 N–H and O–H groups in total. The molecular formula is C9H12N2O4S2. The number of hydrogen-bond acceptors (Lipinski definition) is 6. The Bertz CT molecular complexity index is 493. The Balaban J connectivity index is 2.30. The van der Waals surface area contributed by atoms with Crippen molar-refractivity contribution in [3.05, 3.63) is 11.7 Å². The van der Waals surface area contributed by atoms with Crippen molar-refractivity contribution in [3.8, 4) is 0 Å². The van der Waals surface area contributed by atoms with Gasteiger partial charge in [0.25, 0.3) is 10.0 Å². The van der Waals surface area contributed by atoms with Gasteiger partial charge in [-0.2, -0.15) is 12.7 Å². The summed E-state index contributed by atoms with van der Waals surface area (Å²) in [4.78, 5) is 15.4. The van der Waals surface area contributed by atoms with Crippen LogP contribution in [0.15, 0.2) is 15.9 Å². The van der Waals surface area contributed by atoms with E-state index in [9.17, 15) is 13.2 Å². The summed E-state index contributed by atoms with van der Waals surface area (Å²) in [7, 11) is -3.80. The average molecular weight is 276 g/mol. The van der Waals surface area contributed by atoms with Crippen LogP contribution in [0.25, 0.3) is 0 Å². The molecule has 1 aliphatic rings. The highest BCUT2D eigenvalue weighted by atomic mass is 32.2. The zero-order valence-electron chi connectivity index (χ0n) is 9.20. The second-order valence-electron chi connectivity index (χ2n) is 3.55. The summed E-state index contributed by atoms with van der Waals surface area (Å²) in [5, 5.41) is 0. The van der Waals surface area contributed by atoms with Crippen molar-refractivity contribution < 1.29 is 17.9 Å². The van der Waals surface area contributed by atoms with E-state index < -0.39 is 16.1 Å². The molecule has 0 unspecified atom stereocenters. The Morgan fingerprint density at radius 2 is 2.35 bits per heavy atom. The third-order valence-corrected chi connectivity index (χ3v) is 5.31. The van der Waals surface area contributed by atoms with Gasteiger partial charge in [0, 0.05) is 0 Å². The maximum absolute atomic E-state index is 12.2. The number of carbonyl (C=O) groups excluding carboxylic acids is 1. The lowest BCUT2D eigenvalue weighted by molar-refractivity contribution is 0.129. The van der Waals surface area contributed by atoms with Gasteiger partial charge in [0.2, 0.25) is 0 Å². The number of rotatable bonds is 4. The van der Waals surface area contributed by atoms with E-state index in [2.05, 4.69) is 4.98 Å². The first kappa shape index (κ1) is 12.3. The second-order valence-corrected chi connectivity index (χ2v) is 6.48. The van der Waals surface area contributed by atoms with Crippen LogP contribution in [-0.4, -0.2) is 36.4 Å². The van der Waals surface area contributed by atoms with Crippen LogP contribution in [0, 0.1) is 0 Å². The summed E-state index contributed by atoms with van der Waals surface area (Å²) in [6.45, 7) is 1.79. The van der Waals surface area contributed by atoms with Gasteiger partial charge in [0.15, 0.2) is 4.21 Å². The van der Waals surface area contributed by atoms with Gasteiger partial charge in [-0.15, -0.1) is 11.3 Å². The number of hydrogen-bond donors (Lipinski definition) is 0. The number of aromatic nitrogens is 1. The minimum Gasteiger partial charge on any atom is -0.449 e. The summed E-state index contributed by atoms with van der Waals surface area (Å²) < 4.78 is 30.1. The van der Waals surface area contributed by atoms with E-state index >= 15 is 0 Å². The fourth-order valence-corrected chi connectivity index (χ4v) is 3.81. The number of amides is 1. The second kappa shape index (κ2) is 4.61. The zero-order chi connectivity index (χ0) is 12.5. The highest BCUT2D eigenvalue weighted by Gasteiger charge is 2.43. The SMILES string of the molecule is CCOC(=O)N(C1CC1)S(=O)(=O)c1cncs1. The third-order valence-electron chi connectivity index (χ3n) is 2.25. The van der Waals surface area contributed by atoms with Gasteiger partial charge in [-0.05, 0) is 19.8 Å². The summed E-state index contributed by atoms with van der Waals surface area (Å²) >= 11 is 0.990. The molecule has 94 valence electrons. The van der Waals surface area contributed by atoms with Crippen LogP contribution in [0.5, 0.6) is 0 Å². The monoisotopic (exact) mass is 276 g/mol. The normalized spacial score (nSPS) is 15.6. The van der Waals surface area contributed by atoms with E-state index in [1.54, 1.807) is 6.92 Å². The van der Waals surface area contributed by atoms with Crippen LogP contribution in [0.2, 0.25) is 0 Å². The van der Waals surface area contributed by atoms with Crippen LogP contribution in [0.4, 0.5) is 4.79 Å². The molecule has 1 heterocycles. The van der Waals surface area contributed by atoms with Gasteiger partial charge >= 0.3 is 6.09 Å². The fraction of sp³-hybridized carbons (Fsp3) is 0.556. The van der Waals surface area contributed by atoms with Crippen molar-refractivity contribution in [2.75, 3.05) is 6.61 Å². The number of thiazole rings is 1. The van der Waals surface area contributed by atoms with E-state index in [0.717, 1.165) is 15.6 Å². The molecule has 0 spiro atoms. The Morgan fingerprint density at radius 3 is 2.82 bits per heavy atom. The van der Waals surface area contributed by atoms with E-state index in [4.69, 9.17) is 4.74 Å². The van der Waals surface area contributed by atoms with E-state index in [1.165, 1.54) is 11.7 Å². The fourth-order valence-electron chi connectivity index (χ4n) is 1.37. The predicted molar refractivity (Wildman–Crippen MR) is 61.2 cm³/mol. The first-order valence-electron chi connectivity index (χ1n) is 5.17. The quantitative estimate of drug-likeness (QED) is 0.832. The smallest absolute Gasteiger partial charge is 0.424 e. The lowest BCUT2D eigenvalue weighted by Crippen LogP contribution is -2.38. The van der Waals surface area contributed by atoms with E-state index in [-0.39, 0.29) is 16.9 Å². The van der Waals surface area contributed by atoms with Gasteiger partial charge in [0.05, 0.1) is 24.4 Å². The molecule has 0 atom stereocenters. The lowest BCUT2D eigenvalue weighted by atomic mass is 10.7. The molecule has 1 amide bonds. The molecule has 1 fully saturated rings. The molecule has 0 aromatic carbocycles. The van der Waals surface area contributed by atoms with Crippen LogP contribution >= 0.6 is 11.3 Å². The van der Waals surface area contributed by atoms with E-state index in [1.807, 2.05) is 0 Å². The van der Waals surface area contributed by atoms with Crippen LogP contribution in [0.1, 0.15) is 19.8 Å². The Morgan fingerprint density at radius 1 is 1.65 bits per heavy atom. The van der Waals surface area contributed by atoms with Gasteiger partial charge in [-0.25, -0.2) is 4.79 Å². The summed E-state index contributed by atoms with van der Waals surface area (Å²) in [5.74, 6) is 0. The molecular weight excluding hydrogens is 264 g/mol. The summed E-state index contributed by atoms with van der Waals surface area (Å²) in [5.41, 5.74) is 1.42. The van der Waals surface area contributed by atoms with E-state index in [0.29, 0.717) is 12.8 Å². The van der Waals surface area contributed by atoms with Gasteiger partial charge in [-0.3, -0.25) is 4.98 Å². The molecule has 0 radical (unpaired) electrons. The standard InChI is InChI=1S/C9H12N2O4S2/c1-2-15-9(12)11(7-3-4-7)17(13,14)8-5-10-6-16-8/h5-7H,2-4H2,1H3. The molecule has 2 rings (SSSR count). The van der Waals surface area contributed by atoms with Crippen molar-refractivity contribution in [1.29, 1.82) is 0 Å². The number of carbonyl (C=O) groups is 1. The molecule has 1 saturated carbocycles. The number of ether oxygens (including phenoxy) is 1. The van der Waals surface area contributed by atoms with Crippen LogP contribution < -0.4 is 0 Å². The minimum absolute atomic E-state index is 0.0671. The third kappa shape index (κ3) is 2.42. The van der Waals surface area contributed by atoms with Gasteiger partial charge in [0.1, 0.15) is 0 Å². The largest absolute Gasteiger partial charge is 0.449 e. The summed E-state index contributed by atoms with van der Waals surface area (Å²) in [6, 6.07) is -0.263. The maximum Gasteiger partial charge on any atom is 0.424 e. The van der Waals surface area contributed by atoms with Crippen LogP contribution in [0.3, 0.4) is 0 Å². The van der Waals surface area contributed by atoms with Crippen molar-refractivity contribution in [1.82, 2.24) is 9.29 Å². The highest BCUT2D eigenvalue weighted by molar-refractivity contribution is 7.91. The zero-order valence-corrected chi connectivity index (χ0v) is 10.8. The molecule has 0 bridgehead atoms. The van der Waals surface area contributed by atoms with Crippen LogP contribution in [-0.2, 0) is 14.8 Å². The first-order chi connectivity index (χ1) is 8.07.